The summed E-state index contributed by atoms with van der Waals surface area (Å²) in [5.41, 5.74) is 2.03. The van der Waals surface area contributed by atoms with Gasteiger partial charge < -0.3 is 14.6 Å². The standard InChI is InChI=1S/C22H19FN4O3/c1-13(15-7-4-3-5-8-15)24-18(28)12-29-21-19-20(16-9-6-10-17(23)11-16)27-30-22(19)26-14(2)25-21/h3-11,13H,12H2,1-2H3,(H,24,28)/t13-/m1/s1. The number of carbonyl (C=O) groups is 1. The smallest absolute Gasteiger partial charge is 0.265 e. The zero-order chi connectivity index (χ0) is 21.1. The Morgan fingerprint density at radius 2 is 1.97 bits per heavy atom. The van der Waals surface area contributed by atoms with Gasteiger partial charge in [-0.05, 0) is 31.5 Å². The average Bonchev–Trinajstić information content (AvgIpc) is 3.16. The molecule has 0 spiro atoms. The van der Waals surface area contributed by atoms with E-state index in [1.165, 1.54) is 12.1 Å². The normalized spacial score (nSPS) is 12.0. The van der Waals surface area contributed by atoms with Crippen LogP contribution >= 0.6 is 0 Å². The predicted octanol–water partition coefficient (Wildman–Crippen LogP) is 3.99. The lowest BCUT2D eigenvalue weighted by molar-refractivity contribution is -0.123. The summed E-state index contributed by atoms with van der Waals surface area (Å²) < 4.78 is 24.6. The molecule has 0 aliphatic heterocycles. The molecule has 1 N–H and O–H groups in total. The van der Waals surface area contributed by atoms with E-state index in [-0.39, 0.29) is 30.1 Å². The van der Waals surface area contributed by atoms with E-state index >= 15 is 0 Å². The van der Waals surface area contributed by atoms with Gasteiger partial charge in [0, 0.05) is 5.56 Å². The van der Waals surface area contributed by atoms with Crippen molar-refractivity contribution in [2.24, 2.45) is 0 Å². The van der Waals surface area contributed by atoms with E-state index < -0.39 is 5.82 Å². The van der Waals surface area contributed by atoms with Crippen molar-refractivity contribution in [3.8, 4) is 17.1 Å². The van der Waals surface area contributed by atoms with Gasteiger partial charge in [-0.15, -0.1) is 0 Å². The molecule has 0 saturated heterocycles. The minimum absolute atomic E-state index is 0.153. The number of nitrogens with zero attached hydrogens (tertiary/aromatic N) is 3. The second-order valence-electron chi connectivity index (χ2n) is 6.79. The van der Waals surface area contributed by atoms with E-state index in [0.717, 1.165) is 5.56 Å². The molecule has 0 aliphatic rings. The third kappa shape index (κ3) is 4.12. The minimum Gasteiger partial charge on any atom is -0.467 e. The second-order valence-corrected chi connectivity index (χ2v) is 6.79. The van der Waals surface area contributed by atoms with Gasteiger partial charge >= 0.3 is 0 Å². The van der Waals surface area contributed by atoms with Gasteiger partial charge in [0.1, 0.15) is 22.7 Å². The third-order valence-corrected chi connectivity index (χ3v) is 4.53. The number of carbonyl (C=O) groups excluding carboxylic acids is 1. The summed E-state index contributed by atoms with van der Waals surface area (Å²) in [6.07, 6.45) is 0. The fourth-order valence-corrected chi connectivity index (χ4v) is 3.10. The quantitative estimate of drug-likeness (QED) is 0.521. The Hall–Kier alpha value is -3.81. The predicted molar refractivity (Wildman–Crippen MR) is 108 cm³/mol. The van der Waals surface area contributed by atoms with Crippen LogP contribution in [0, 0.1) is 12.7 Å². The summed E-state index contributed by atoms with van der Waals surface area (Å²) in [6.45, 7) is 3.31. The van der Waals surface area contributed by atoms with Gasteiger partial charge in [-0.3, -0.25) is 4.79 Å². The van der Waals surface area contributed by atoms with Crippen molar-refractivity contribution < 1.29 is 18.4 Å². The van der Waals surface area contributed by atoms with E-state index in [9.17, 15) is 9.18 Å². The van der Waals surface area contributed by atoms with Gasteiger partial charge in [0.05, 0.1) is 6.04 Å². The highest BCUT2D eigenvalue weighted by atomic mass is 19.1. The van der Waals surface area contributed by atoms with Gasteiger partial charge in [-0.25, -0.2) is 4.39 Å². The monoisotopic (exact) mass is 406 g/mol. The molecular formula is C22H19FN4O3. The average molecular weight is 406 g/mol. The number of halogens is 1. The van der Waals surface area contributed by atoms with E-state index in [1.807, 2.05) is 37.3 Å². The maximum absolute atomic E-state index is 13.7. The molecule has 30 heavy (non-hydrogen) atoms. The number of benzene rings is 2. The summed E-state index contributed by atoms with van der Waals surface area (Å²) in [5, 5.41) is 7.26. The molecule has 0 radical (unpaired) electrons. The Kier molecular flexibility index (Phi) is 5.38. The second kappa shape index (κ2) is 8.28. The Labute approximate surface area is 171 Å². The summed E-state index contributed by atoms with van der Waals surface area (Å²) >= 11 is 0. The van der Waals surface area contributed by atoms with Crippen LogP contribution in [0.15, 0.2) is 59.1 Å². The Bertz CT molecular complexity index is 1190. The highest BCUT2D eigenvalue weighted by molar-refractivity contribution is 5.93. The first-order valence-corrected chi connectivity index (χ1v) is 9.38. The fraction of sp³-hybridized carbons (Fsp3) is 0.182. The highest BCUT2D eigenvalue weighted by Gasteiger charge is 2.20. The van der Waals surface area contributed by atoms with Crippen molar-refractivity contribution in [1.82, 2.24) is 20.4 Å². The zero-order valence-corrected chi connectivity index (χ0v) is 16.4. The first-order valence-electron chi connectivity index (χ1n) is 9.38. The summed E-state index contributed by atoms with van der Waals surface area (Å²) in [4.78, 5) is 20.9. The van der Waals surface area contributed by atoms with Crippen molar-refractivity contribution in [2.45, 2.75) is 19.9 Å². The Morgan fingerprint density at radius 1 is 1.17 bits per heavy atom. The number of amides is 1. The first kappa shape index (κ1) is 19.5. The molecule has 4 aromatic rings. The number of hydrogen-bond acceptors (Lipinski definition) is 6. The van der Waals surface area contributed by atoms with Crippen LogP contribution in [-0.4, -0.2) is 27.6 Å². The van der Waals surface area contributed by atoms with Crippen LogP contribution in [0.3, 0.4) is 0 Å². The molecule has 152 valence electrons. The van der Waals surface area contributed by atoms with Gasteiger partial charge in [-0.2, -0.15) is 9.97 Å². The van der Waals surface area contributed by atoms with E-state index in [1.54, 1.807) is 19.1 Å². The molecule has 0 fully saturated rings. The molecule has 0 bridgehead atoms. The number of aryl methyl sites for hydroxylation is 1. The van der Waals surface area contributed by atoms with Crippen molar-refractivity contribution in [3.05, 3.63) is 71.8 Å². The Balaban J connectivity index is 1.56. The van der Waals surface area contributed by atoms with E-state index in [0.29, 0.717) is 22.5 Å². The van der Waals surface area contributed by atoms with Crippen molar-refractivity contribution >= 4 is 17.0 Å². The van der Waals surface area contributed by atoms with Gasteiger partial charge in [0.2, 0.25) is 5.88 Å². The van der Waals surface area contributed by atoms with Gasteiger partial charge in [0.25, 0.3) is 11.6 Å². The van der Waals surface area contributed by atoms with Gasteiger partial charge in [0.15, 0.2) is 6.61 Å². The lowest BCUT2D eigenvalue weighted by Crippen LogP contribution is -2.31. The fourth-order valence-electron chi connectivity index (χ4n) is 3.10. The van der Waals surface area contributed by atoms with Gasteiger partial charge in [-0.1, -0.05) is 47.6 Å². The lowest BCUT2D eigenvalue weighted by Gasteiger charge is -2.14. The number of ether oxygens (including phenoxy) is 1. The molecule has 2 aromatic carbocycles. The van der Waals surface area contributed by atoms with Crippen LogP contribution in [0.4, 0.5) is 4.39 Å². The number of hydrogen-bond donors (Lipinski definition) is 1. The van der Waals surface area contributed by atoms with E-state index in [4.69, 9.17) is 9.26 Å². The van der Waals surface area contributed by atoms with Crippen LogP contribution < -0.4 is 10.1 Å². The van der Waals surface area contributed by atoms with Crippen molar-refractivity contribution in [1.29, 1.82) is 0 Å². The maximum atomic E-state index is 13.7. The first-order chi connectivity index (χ1) is 14.5. The highest BCUT2D eigenvalue weighted by Crippen LogP contribution is 2.33. The van der Waals surface area contributed by atoms with Crippen LogP contribution in [-0.2, 0) is 4.79 Å². The van der Waals surface area contributed by atoms with Crippen LogP contribution in [0.5, 0.6) is 5.88 Å². The topological polar surface area (TPSA) is 90.1 Å². The number of rotatable bonds is 6. The van der Waals surface area contributed by atoms with Crippen molar-refractivity contribution in [3.63, 3.8) is 0 Å². The zero-order valence-electron chi connectivity index (χ0n) is 16.4. The molecule has 0 aliphatic carbocycles. The molecule has 0 unspecified atom stereocenters. The SMILES string of the molecule is Cc1nc(OCC(=O)N[C@H](C)c2ccccc2)c2c(-c3cccc(F)c3)noc2n1. The summed E-state index contributed by atoms with van der Waals surface area (Å²) in [6, 6.07) is 15.4. The summed E-state index contributed by atoms with van der Waals surface area (Å²) in [7, 11) is 0. The molecule has 4 rings (SSSR count). The lowest BCUT2D eigenvalue weighted by atomic mass is 10.1. The maximum Gasteiger partial charge on any atom is 0.265 e. The number of fused-ring (bicyclic) bond motifs is 1. The van der Waals surface area contributed by atoms with Crippen LogP contribution in [0.25, 0.3) is 22.4 Å². The molecule has 1 amide bonds. The van der Waals surface area contributed by atoms with Crippen LogP contribution in [0.1, 0.15) is 24.4 Å². The third-order valence-electron chi connectivity index (χ3n) is 4.53. The largest absolute Gasteiger partial charge is 0.467 e. The molecule has 0 saturated carbocycles. The molecular weight excluding hydrogens is 387 g/mol. The Morgan fingerprint density at radius 3 is 2.73 bits per heavy atom. The molecule has 7 nitrogen and oxygen atoms in total. The van der Waals surface area contributed by atoms with Crippen LogP contribution in [0.2, 0.25) is 0 Å². The number of nitrogens with one attached hydrogen (secondary N) is 1. The van der Waals surface area contributed by atoms with Crippen molar-refractivity contribution in [2.75, 3.05) is 6.61 Å². The summed E-state index contributed by atoms with van der Waals surface area (Å²) in [5.74, 6) is -0.161. The minimum atomic E-state index is -0.409. The molecule has 1 atom stereocenters. The number of aromatic nitrogens is 3. The molecule has 8 heteroatoms. The molecule has 2 heterocycles. The molecule has 2 aromatic heterocycles. The van der Waals surface area contributed by atoms with E-state index in [2.05, 4.69) is 20.4 Å².